The minimum atomic E-state index is -0.279. The van der Waals surface area contributed by atoms with Gasteiger partial charge in [0.2, 0.25) is 5.89 Å². The second-order valence-corrected chi connectivity index (χ2v) is 10.7. The number of Topliss-reactive ketones (excluding diaryl/α,β-unsaturated/α-hetero) is 1. The summed E-state index contributed by atoms with van der Waals surface area (Å²) in [5.74, 6) is 3.43. The number of para-hydroxylation sites is 1. The maximum absolute atomic E-state index is 13.0. The molecule has 6 heteroatoms. The third-order valence-corrected chi connectivity index (χ3v) is 8.33. The van der Waals surface area contributed by atoms with Gasteiger partial charge in [0.25, 0.3) is 5.22 Å². The number of hydrogen-bond donors (Lipinski definition) is 1. The van der Waals surface area contributed by atoms with E-state index >= 15 is 0 Å². The lowest BCUT2D eigenvalue weighted by Gasteiger charge is -2.55. The van der Waals surface area contributed by atoms with Gasteiger partial charge in [0.05, 0.1) is 5.25 Å². The number of aromatic amines is 1. The quantitative estimate of drug-likeness (QED) is 0.454. The molecule has 1 N–H and O–H groups in total. The van der Waals surface area contributed by atoms with E-state index in [4.69, 9.17) is 4.42 Å². The maximum atomic E-state index is 13.0. The summed E-state index contributed by atoms with van der Waals surface area (Å²) < 4.78 is 6.17. The molecule has 1 aromatic carbocycles. The van der Waals surface area contributed by atoms with Crippen molar-refractivity contribution in [2.24, 2.45) is 17.8 Å². The highest BCUT2D eigenvalue weighted by molar-refractivity contribution is 8.00. The predicted molar refractivity (Wildman–Crippen MR) is 112 cm³/mol. The largest absolute Gasteiger partial charge is 0.415 e. The second-order valence-electron chi connectivity index (χ2n) is 9.44. The predicted octanol–water partition coefficient (Wildman–Crippen LogP) is 5.38. The Bertz CT molecular complexity index is 1050. The molecule has 3 aromatic rings. The molecule has 0 unspecified atom stereocenters. The summed E-state index contributed by atoms with van der Waals surface area (Å²) in [4.78, 5) is 16.2. The van der Waals surface area contributed by atoms with Gasteiger partial charge in [-0.1, -0.05) is 30.0 Å². The minimum Gasteiger partial charge on any atom is -0.415 e. The summed E-state index contributed by atoms with van der Waals surface area (Å²) in [6, 6.07) is 7.89. The first-order chi connectivity index (χ1) is 14.1. The number of thioether (sulfide) groups is 1. The zero-order valence-corrected chi connectivity index (χ0v) is 17.4. The Hall–Kier alpha value is -2.08. The highest BCUT2D eigenvalue weighted by atomic mass is 32.2. The van der Waals surface area contributed by atoms with E-state index in [2.05, 4.69) is 15.2 Å². The van der Waals surface area contributed by atoms with Gasteiger partial charge in [-0.3, -0.25) is 4.79 Å². The van der Waals surface area contributed by atoms with Gasteiger partial charge in [-0.25, -0.2) is 0 Å². The van der Waals surface area contributed by atoms with Gasteiger partial charge in [-0.05, 0) is 69.3 Å². The lowest BCUT2D eigenvalue weighted by Crippen LogP contribution is -2.48. The highest BCUT2D eigenvalue weighted by Crippen LogP contribution is 2.60. The SMILES string of the molecule is C[C@H](Sc1nnc(C23CC4CC(CC(C4)C2)C3)o1)C(=O)c1c[nH]c2ccccc12. The number of rotatable bonds is 5. The van der Waals surface area contributed by atoms with Crippen LogP contribution in [0.1, 0.15) is 61.7 Å². The molecule has 0 saturated heterocycles. The smallest absolute Gasteiger partial charge is 0.277 e. The van der Waals surface area contributed by atoms with Crippen molar-refractivity contribution < 1.29 is 9.21 Å². The van der Waals surface area contributed by atoms with Crippen LogP contribution >= 0.6 is 11.8 Å². The molecule has 29 heavy (non-hydrogen) atoms. The first-order valence-corrected chi connectivity index (χ1v) is 11.6. The molecule has 0 amide bonds. The number of nitrogens with zero attached hydrogens (tertiary/aromatic N) is 2. The highest BCUT2D eigenvalue weighted by Gasteiger charge is 2.54. The van der Waals surface area contributed by atoms with Crippen LogP contribution < -0.4 is 0 Å². The van der Waals surface area contributed by atoms with E-state index < -0.39 is 0 Å². The van der Waals surface area contributed by atoms with Crippen molar-refractivity contribution >= 4 is 28.4 Å². The molecule has 2 heterocycles. The van der Waals surface area contributed by atoms with Crippen LogP contribution in [-0.2, 0) is 5.41 Å². The lowest BCUT2D eigenvalue weighted by atomic mass is 9.49. The van der Waals surface area contributed by atoms with Crippen LogP contribution in [0.25, 0.3) is 10.9 Å². The molecular weight excluding hydrogens is 382 g/mol. The number of hydrogen-bond acceptors (Lipinski definition) is 5. The molecule has 0 aliphatic heterocycles. The number of nitrogens with one attached hydrogen (secondary N) is 1. The fraction of sp³-hybridized carbons (Fsp3) is 0.522. The molecule has 0 spiro atoms. The van der Waals surface area contributed by atoms with Gasteiger partial charge >= 0.3 is 0 Å². The fourth-order valence-corrected chi connectivity index (χ4v) is 7.29. The number of fused-ring (bicyclic) bond motifs is 1. The first kappa shape index (κ1) is 17.8. The third kappa shape index (κ3) is 2.87. The van der Waals surface area contributed by atoms with Crippen LogP contribution in [0.15, 0.2) is 40.1 Å². The van der Waals surface area contributed by atoms with Crippen molar-refractivity contribution in [1.29, 1.82) is 0 Å². The summed E-state index contributed by atoms with van der Waals surface area (Å²) in [5, 5.41) is 10.0. The van der Waals surface area contributed by atoms with Crippen molar-refractivity contribution in [3.05, 3.63) is 41.9 Å². The molecular formula is C23H25N3O2S. The monoisotopic (exact) mass is 407 g/mol. The molecule has 4 aliphatic rings. The molecule has 150 valence electrons. The van der Waals surface area contributed by atoms with Gasteiger partial charge in [-0.2, -0.15) is 0 Å². The molecule has 4 aliphatic carbocycles. The van der Waals surface area contributed by atoms with E-state index in [-0.39, 0.29) is 16.4 Å². The van der Waals surface area contributed by atoms with Gasteiger partial charge in [0.1, 0.15) is 0 Å². The van der Waals surface area contributed by atoms with Crippen molar-refractivity contribution in [2.45, 2.75) is 61.3 Å². The number of carbonyl (C=O) groups excluding carboxylic acids is 1. The van der Waals surface area contributed by atoms with Crippen LogP contribution in [0.4, 0.5) is 0 Å². The molecule has 1 atom stereocenters. The standard InChI is InChI=1S/C23H25N3O2S/c1-13(20(27)18-12-24-19-5-3-2-4-17(18)19)29-22-26-25-21(28-22)23-9-14-6-15(10-23)8-16(7-14)11-23/h2-5,12-16,24H,6-11H2,1H3/t13-,14?,15?,16?,23?/m0/s1. The van der Waals surface area contributed by atoms with Crippen LogP contribution in [0.5, 0.6) is 0 Å². The van der Waals surface area contributed by atoms with Crippen molar-refractivity contribution in [2.75, 3.05) is 0 Å². The third-order valence-electron chi connectivity index (χ3n) is 7.40. The first-order valence-electron chi connectivity index (χ1n) is 10.7. The fourth-order valence-electron chi connectivity index (χ4n) is 6.54. The number of H-pyrrole nitrogens is 1. The van der Waals surface area contributed by atoms with Gasteiger partial charge in [-0.15, -0.1) is 10.2 Å². The maximum Gasteiger partial charge on any atom is 0.277 e. The molecule has 4 saturated carbocycles. The van der Waals surface area contributed by atoms with E-state index in [0.717, 1.165) is 40.1 Å². The molecule has 0 radical (unpaired) electrons. The lowest BCUT2D eigenvalue weighted by molar-refractivity contribution is -0.0191. The van der Waals surface area contributed by atoms with Gasteiger partial charge in [0, 0.05) is 28.1 Å². The van der Waals surface area contributed by atoms with Crippen LogP contribution in [-0.4, -0.2) is 26.2 Å². The van der Waals surface area contributed by atoms with Crippen LogP contribution in [0, 0.1) is 17.8 Å². The topological polar surface area (TPSA) is 71.8 Å². The Labute approximate surface area is 174 Å². The summed E-state index contributed by atoms with van der Waals surface area (Å²) in [7, 11) is 0. The van der Waals surface area contributed by atoms with Crippen LogP contribution in [0.2, 0.25) is 0 Å². The zero-order chi connectivity index (χ0) is 19.6. The zero-order valence-electron chi connectivity index (χ0n) is 16.6. The van der Waals surface area contributed by atoms with E-state index in [1.807, 2.05) is 31.2 Å². The minimum absolute atomic E-state index is 0.0852. The van der Waals surface area contributed by atoms with Crippen LogP contribution in [0.3, 0.4) is 0 Å². The van der Waals surface area contributed by atoms with Gasteiger partial charge < -0.3 is 9.40 Å². The average molecular weight is 408 g/mol. The molecule has 7 rings (SSSR count). The molecule has 4 fully saturated rings. The van der Waals surface area contributed by atoms with Crippen molar-refractivity contribution in [3.63, 3.8) is 0 Å². The van der Waals surface area contributed by atoms with Crippen molar-refractivity contribution in [3.8, 4) is 0 Å². The Kier molecular flexibility index (Phi) is 3.95. The number of ketones is 1. The molecule has 5 nitrogen and oxygen atoms in total. The Morgan fingerprint density at radius 1 is 1.14 bits per heavy atom. The summed E-state index contributed by atoms with van der Waals surface area (Å²) >= 11 is 1.38. The number of carbonyl (C=O) groups is 1. The normalized spacial score (nSPS) is 31.4. The van der Waals surface area contributed by atoms with Gasteiger partial charge in [0.15, 0.2) is 5.78 Å². The Balaban J connectivity index is 1.21. The number of benzene rings is 1. The summed E-state index contributed by atoms with van der Waals surface area (Å²) in [6.45, 7) is 1.92. The summed E-state index contributed by atoms with van der Waals surface area (Å²) in [5.41, 5.74) is 1.81. The van der Waals surface area contributed by atoms with E-state index in [9.17, 15) is 4.79 Å². The Morgan fingerprint density at radius 2 is 1.83 bits per heavy atom. The van der Waals surface area contributed by atoms with E-state index in [0.29, 0.717) is 5.22 Å². The molecule has 4 bridgehead atoms. The van der Waals surface area contributed by atoms with Crippen molar-refractivity contribution in [1.82, 2.24) is 15.2 Å². The second kappa shape index (κ2) is 6.46. The number of aromatic nitrogens is 3. The Morgan fingerprint density at radius 3 is 2.55 bits per heavy atom. The molecule has 2 aromatic heterocycles. The summed E-state index contributed by atoms with van der Waals surface area (Å²) in [6.07, 6.45) is 9.60. The van der Waals surface area contributed by atoms with E-state index in [1.54, 1.807) is 6.20 Å². The van der Waals surface area contributed by atoms with E-state index in [1.165, 1.54) is 50.3 Å². The average Bonchev–Trinajstić information content (AvgIpc) is 3.34.